The molecule has 35 heavy (non-hydrogen) atoms. The molecule has 1 heterocycles. The third-order valence-electron chi connectivity index (χ3n) is 6.45. The number of tetrazole rings is 1. The van der Waals surface area contributed by atoms with E-state index in [1.165, 1.54) is 6.07 Å². The largest absolute Gasteiger partial charge is 0.507 e. The summed E-state index contributed by atoms with van der Waals surface area (Å²) in [7, 11) is 1.78. The normalized spacial score (nSPS) is 12.9. The quantitative estimate of drug-likeness (QED) is 0.384. The minimum atomic E-state index is -0.253. The lowest BCUT2D eigenvalue weighted by Crippen LogP contribution is -2.43. The molecule has 0 aliphatic heterocycles. The fraction of sp³-hybridized carbons (Fsp3) is 0.440. The number of phenols is 1. The molecule has 0 saturated heterocycles. The molecule has 1 aromatic heterocycles. The molecule has 4 rings (SSSR count). The number of nitrogens with one attached hydrogen (secondary N) is 2. The Morgan fingerprint density at radius 3 is 2.54 bits per heavy atom. The van der Waals surface area contributed by atoms with Crippen LogP contribution in [0, 0.1) is 11.8 Å². The van der Waals surface area contributed by atoms with Gasteiger partial charge in [0.15, 0.2) is 0 Å². The first-order valence-electron chi connectivity index (χ1n) is 11.8. The Bertz CT molecular complexity index is 1200. The Hall–Kier alpha value is -3.33. The maximum Gasteiger partial charge on any atom is 0.267 e. The zero-order valence-corrected chi connectivity index (χ0v) is 21.3. The van der Waals surface area contributed by atoms with E-state index in [0.717, 1.165) is 36.1 Å². The molecule has 0 radical (unpaired) electrons. The Balaban J connectivity index is 1.64. The summed E-state index contributed by atoms with van der Waals surface area (Å²) in [6.45, 7) is 8.36. The van der Waals surface area contributed by atoms with Crippen molar-refractivity contribution in [1.82, 2.24) is 25.5 Å². The molecule has 10 heteroatoms. The van der Waals surface area contributed by atoms with Crippen molar-refractivity contribution in [2.75, 3.05) is 12.4 Å². The number of carbonyl (C=O) groups is 1. The summed E-state index contributed by atoms with van der Waals surface area (Å²) in [4.78, 5) is 15.0. The van der Waals surface area contributed by atoms with Gasteiger partial charge in [-0.3, -0.25) is 4.79 Å². The van der Waals surface area contributed by atoms with E-state index in [2.05, 4.69) is 53.6 Å². The molecule has 0 fully saturated rings. The van der Waals surface area contributed by atoms with Gasteiger partial charge in [-0.25, -0.2) is 0 Å². The molecule has 2 aromatic carbocycles. The van der Waals surface area contributed by atoms with Crippen LogP contribution in [0.3, 0.4) is 0 Å². The zero-order chi connectivity index (χ0) is 25.3. The second-order valence-electron chi connectivity index (χ2n) is 9.58. The van der Waals surface area contributed by atoms with Crippen LogP contribution in [0.15, 0.2) is 24.3 Å². The summed E-state index contributed by atoms with van der Waals surface area (Å²) in [5.74, 6) is 1.54. The van der Waals surface area contributed by atoms with Crippen molar-refractivity contribution in [1.29, 1.82) is 0 Å². The number of nitrogens with zero attached hydrogens (tertiary/aromatic N) is 4. The van der Waals surface area contributed by atoms with E-state index in [1.54, 1.807) is 30.1 Å². The lowest BCUT2D eigenvalue weighted by Gasteiger charge is -2.34. The molecular weight excluding hydrogens is 468 g/mol. The van der Waals surface area contributed by atoms with Crippen molar-refractivity contribution in [2.45, 2.75) is 53.0 Å². The lowest BCUT2D eigenvalue weighted by molar-refractivity contribution is 0.0624. The van der Waals surface area contributed by atoms with Crippen molar-refractivity contribution in [3.63, 3.8) is 0 Å². The van der Waals surface area contributed by atoms with E-state index in [4.69, 9.17) is 16.3 Å². The number of hydrogen-bond donors (Lipinski definition) is 3. The van der Waals surface area contributed by atoms with Gasteiger partial charge in [-0.05, 0) is 66.1 Å². The van der Waals surface area contributed by atoms with Gasteiger partial charge in [0.1, 0.15) is 17.2 Å². The molecule has 186 valence electrons. The van der Waals surface area contributed by atoms with Gasteiger partial charge in [0.05, 0.1) is 10.6 Å². The van der Waals surface area contributed by atoms with Crippen molar-refractivity contribution in [3.05, 3.63) is 46.0 Å². The predicted molar refractivity (Wildman–Crippen MR) is 135 cm³/mol. The summed E-state index contributed by atoms with van der Waals surface area (Å²) in [5, 5.41) is 28.0. The summed E-state index contributed by atoms with van der Waals surface area (Å²) < 4.78 is 6.23. The van der Waals surface area contributed by atoms with Gasteiger partial charge in [-0.1, -0.05) is 44.4 Å². The van der Waals surface area contributed by atoms with Crippen LogP contribution in [0.5, 0.6) is 17.2 Å². The average Bonchev–Trinajstić information content (AvgIpc) is 3.49. The number of hydrogen-bond acceptors (Lipinski definition) is 7. The fourth-order valence-corrected chi connectivity index (χ4v) is 5.39. The van der Waals surface area contributed by atoms with Gasteiger partial charge in [0.2, 0.25) is 0 Å². The van der Waals surface area contributed by atoms with Crippen molar-refractivity contribution in [2.24, 2.45) is 11.8 Å². The number of phenolic OH excluding ortho intramolecular Hbond substituents is 1. The third-order valence-corrected chi connectivity index (χ3v) is 6.73. The summed E-state index contributed by atoms with van der Waals surface area (Å²) >= 11 is 6.64. The number of H-pyrrole nitrogens is 1. The molecule has 1 amide bonds. The van der Waals surface area contributed by atoms with E-state index >= 15 is 0 Å². The summed E-state index contributed by atoms with van der Waals surface area (Å²) in [6, 6.07) is 6.51. The number of halogens is 1. The minimum Gasteiger partial charge on any atom is -0.507 e. The van der Waals surface area contributed by atoms with Gasteiger partial charge in [0.25, 0.3) is 11.9 Å². The first kappa shape index (κ1) is 24.8. The van der Waals surface area contributed by atoms with Crippen LogP contribution in [0.1, 0.15) is 55.6 Å². The first-order chi connectivity index (χ1) is 16.7. The van der Waals surface area contributed by atoms with Gasteiger partial charge in [0, 0.05) is 24.3 Å². The number of rotatable bonds is 8. The van der Waals surface area contributed by atoms with Crippen LogP contribution in [0.25, 0.3) is 0 Å². The number of anilines is 2. The second kappa shape index (κ2) is 10.1. The number of benzene rings is 2. The SMILES string of the molecule is CC(C)C(C(C)C)N(C)C(=O)c1cc(Oc2c(Cl)cc(Nc3nn[nH]n3)c3c2CCC3)ccc1O. The molecule has 1 aliphatic rings. The first-order valence-corrected chi connectivity index (χ1v) is 12.2. The molecule has 3 aromatic rings. The monoisotopic (exact) mass is 498 g/mol. The lowest BCUT2D eigenvalue weighted by atomic mass is 9.91. The topological polar surface area (TPSA) is 116 Å². The fourth-order valence-electron chi connectivity index (χ4n) is 5.13. The van der Waals surface area contributed by atoms with Crippen LogP contribution in [0.4, 0.5) is 11.6 Å². The Morgan fingerprint density at radius 1 is 1.17 bits per heavy atom. The highest BCUT2D eigenvalue weighted by Gasteiger charge is 2.29. The number of amides is 1. The molecule has 3 N–H and O–H groups in total. The van der Waals surface area contributed by atoms with E-state index in [9.17, 15) is 9.90 Å². The van der Waals surface area contributed by atoms with E-state index < -0.39 is 0 Å². The number of fused-ring (bicyclic) bond motifs is 1. The van der Waals surface area contributed by atoms with Crippen LogP contribution in [0.2, 0.25) is 5.02 Å². The van der Waals surface area contributed by atoms with Crippen molar-refractivity contribution < 1.29 is 14.6 Å². The van der Waals surface area contributed by atoms with Crippen LogP contribution < -0.4 is 10.1 Å². The Morgan fingerprint density at radius 2 is 1.89 bits per heavy atom. The molecule has 0 unspecified atom stereocenters. The van der Waals surface area contributed by atoms with Gasteiger partial charge in [-0.15, -0.1) is 5.10 Å². The van der Waals surface area contributed by atoms with E-state index in [-0.39, 0.29) is 35.1 Å². The maximum absolute atomic E-state index is 13.3. The van der Waals surface area contributed by atoms with Gasteiger partial charge < -0.3 is 20.1 Å². The molecule has 0 bridgehead atoms. The number of ether oxygens (including phenoxy) is 1. The van der Waals surface area contributed by atoms with Gasteiger partial charge >= 0.3 is 0 Å². The van der Waals surface area contributed by atoms with E-state index in [1.807, 2.05) is 0 Å². The molecular formula is C25H31ClN6O3. The van der Waals surface area contributed by atoms with Crippen LogP contribution in [-0.2, 0) is 12.8 Å². The average molecular weight is 499 g/mol. The summed E-state index contributed by atoms with van der Waals surface area (Å²) in [5.41, 5.74) is 3.09. The summed E-state index contributed by atoms with van der Waals surface area (Å²) in [6.07, 6.45) is 2.63. The minimum absolute atomic E-state index is 0.0310. The van der Waals surface area contributed by atoms with Crippen molar-refractivity contribution in [3.8, 4) is 17.2 Å². The Labute approximate surface area is 209 Å². The standard InChI is InChI=1S/C25H31ClN6O3/c1-13(2)22(14(3)4)32(5)24(34)18-11-15(9-10-21(18)33)35-23-17-8-6-7-16(17)20(12-19(23)26)27-25-28-30-31-29-25/h9-14,22,33H,6-8H2,1-5H3,(H2,27,28,29,30,31). The van der Waals surface area contributed by atoms with Crippen LogP contribution >= 0.6 is 11.6 Å². The number of aromatic hydroxyl groups is 1. The number of aromatic nitrogens is 4. The number of aromatic amines is 1. The maximum atomic E-state index is 13.3. The highest BCUT2D eigenvalue weighted by Crippen LogP contribution is 2.44. The third kappa shape index (κ3) is 5.05. The highest BCUT2D eigenvalue weighted by atomic mass is 35.5. The molecule has 0 spiro atoms. The number of carbonyl (C=O) groups excluding carboxylic acids is 1. The Kier molecular flexibility index (Phi) is 7.16. The molecule has 0 atom stereocenters. The van der Waals surface area contributed by atoms with Crippen molar-refractivity contribution >= 4 is 29.1 Å². The second-order valence-corrected chi connectivity index (χ2v) is 9.99. The molecule has 1 aliphatic carbocycles. The van der Waals surface area contributed by atoms with E-state index in [0.29, 0.717) is 22.5 Å². The molecule has 9 nitrogen and oxygen atoms in total. The predicted octanol–water partition coefficient (Wildman–Crippen LogP) is 5.34. The highest BCUT2D eigenvalue weighted by molar-refractivity contribution is 6.32. The van der Waals surface area contributed by atoms with Crippen LogP contribution in [-0.4, -0.2) is 49.6 Å². The molecule has 0 saturated carbocycles. The van der Waals surface area contributed by atoms with Gasteiger partial charge in [-0.2, -0.15) is 5.21 Å². The zero-order valence-electron chi connectivity index (χ0n) is 20.6. The smallest absolute Gasteiger partial charge is 0.267 e.